The van der Waals surface area contributed by atoms with Gasteiger partial charge in [0.2, 0.25) is 5.91 Å². The molecule has 168 valence electrons. The number of fused-ring (bicyclic) bond motifs is 1. The molecule has 0 saturated carbocycles. The molecule has 0 saturated heterocycles. The fourth-order valence-corrected chi connectivity index (χ4v) is 4.08. The van der Waals surface area contributed by atoms with Gasteiger partial charge in [0.25, 0.3) is 0 Å². The topological polar surface area (TPSA) is 73.3 Å². The van der Waals surface area contributed by atoms with Crippen molar-refractivity contribution in [2.45, 2.75) is 11.4 Å². The number of anilines is 1. The molecule has 1 aromatic heterocycles. The molecule has 0 radical (unpaired) electrons. The first kappa shape index (κ1) is 22.5. The van der Waals surface area contributed by atoms with Gasteiger partial charge in [-0.25, -0.2) is 14.4 Å². The van der Waals surface area contributed by atoms with E-state index in [4.69, 9.17) is 19.4 Å². The van der Waals surface area contributed by atoms with E-state index >= 15 is 0 Å². The van der Waals surface area contributed by atoms with Crippen LogP contribution in [0.15, 0.2) is 71.8 Å². The van der Waals surface area contributed by atoms with Crippen LogP contribution in [0.1, 0.15) is 11.3 Å². The third-order valence-electron chi connectivity index (χ3n) is 4.90. The number of ether oxygens (including phenoxy) is 2. The first-order chi connectivity index (χ1) is 16.1. The summed E-state index contributed by atoms with van der Waals surface area (Å²) in [4.78, 5) is 22.1. The zero-order chi connectivity index (χ0) is 23.2. The minimum atomic E-state index is -0.287. The van der Waals surface area contributed by atoms with Crippen molar-refractivity contribution in [3.8, 4) is 11.5 Å². The maximum absolute atomic E-state index is 13.3. The molecular weight excluding hydrogens is 441 g/mol. The van der Waals surface area contributed by atoms with Crippen molar-refractivity contribution in [2.24, 2.45) is 0 Å². The van der Waals surface area contributed by atoms with E-state index in [2.05, 4.69) is 5.32 Å². The van der Waals surface area contributed by atoms with E-state index in [0.29, 0.717) is 28.6 Å². The van der Waals surface area contributed by atoms with Crippen molar-refractivity contribution in [3.63, 3.8) is 0 Å². The second-order valence-corrected chi connectivity index (χ2v) is 8.14. The highest BCUT2D eigenvalue weighted by Crippen LogP contribution is 2.30. The maximum Gasteiger partial charge on any atom is 0.234 e. The Kier molecular flexibility index (Phi) is 7.04. The van der Waals surface area contributed by atoms with Gasteiger partial charge in [-0.1, -0.05) is 36.0 Å². The van der Waals surface area contributed by atoms with Crippen molar-refractivity contribution in [2.75, 3.05) is 25.3 Å². The molecule has 1 amide bonds. The molecule has 1 heterocycles. The predicted octanol–water partition coefficient (Wildman–Crippen LogP) is 5.11. The van der Waals surface area contributed by atoms with Crippen LogP contribution >= 0.6 is 11.8 Å². The number of rotatable bonds is 8. The molecule has 1 N–H and O–H groups in total. The van der Waals surface area contributed by atoms with Crippen LogP contribution in [0, 0.1) is 5.82 Å². The van der Waals surface area contributed by atoms with Crippen LogP contribution in [-0.4, -0.2) is 35.8 Å². The average Bonchev–Trinajstić information content (AvgIpc) is 2.84. The lowest BCUT2D eigenvalue weighted by Crippen LogP contribution is -2.14. The molecule has 6 nitrogen and oxygen atoms in total. The summed E-state index contributed by atoms with van der Waals surface area (Å²) < 4.78 is 23.8. The first-order valence-electron chi connectivity index (χ1n) is 10.2. The summed E-state index contributed by atoms with van der Waals surface area (Å²) in [6, 6.07) is 19.1. The van der Waals surface area contributed by atoms with E-state index in [1.807, 2.05) is 24.3 Å². The summed E-state index contributed by atoms with van der Waals surface area (Å²) in [5.41, 5.74) is 3.79. The molecule has 0 aliphatic heterocycles. The van der Waals surface area contributed by atoms with E-state index in [1.165, 1.54) is 23.9 Å². The van der Waals surface area contributed by atoms with Crippen LogP contribution < -0.4 is 14.8 Å². The lowest BCUT2D eigenvalue weighted by atomic mass is 10.1. The highest BCUT2D eigenvalue weighted by Gasteiger charge is 2.14. The number of nitrogens with one attached hydrogen (secondary N) is 1. The minimum Gasteiger partial charge on any atom is -0.493 e. The molecule has 0 aliphatic rings. The Morgan fingerprint density at radius 3 is 2.33 bits per heavy atom. The standard InChI is InChI=1S/C25H22FN3O3S/c1-31-22-12-11-18(14-23(22)32-2)27-24(30)15-33-25-21(13-16-7-9-17(26)10-8-16)28-19-5-3-4-6-20(19)29-25/h3-12,14H,13,15H2,1-2H3,(H,27,30). The summed E-state index contributed by atoms with van der Waals surface area (Å²) >= 11 is 1.31. The van der Waals surface area contributed by atoms with Crippen molar-refractivity contribution in [1.82, 2.24) is 9.97 Å². The molecule has 8 heteroatoms. The quantitative estimate of drug-likeness (QED) is 0.366. The fraction of sp³-hybridized carbons (Fsp3) is 0.160. The highest BCUT2D eigenvalue weighted by molar-refractivity contribution is 8.00. The SMILES string of the molecule is COc1ccc(NC(=O)CSc2nc3ccccc3nc2Cc2ccc(F)cc2)cc1OC. The van der Waals surface area contributed by atoms with Crippen molar-refractivity contribution in [1.29, 1.82) is 0 Å². The van der Waals surface area contributed by atoms with Gasteiger partial charge in [0.15, 0.2) is 11.5 Å². The van der Waals surface area contributed by atoms with Gasteiger partial charge in [-0.05, 0) is 42.0 Å². The Morgan fingerprint density at radius 2 is 1.64 bits per heavy atom. The number of aromatic nitrogens is 2. The van der Waals surface area contributed by atoms with Gasteiger partial charge in [-0.15, -0.1) is 0 Å². The molecule has 0 spiro atoms. The fourth-order valence-electron chi connectivity index (χ4n) is 3.29. The van der Waals surface area contributed by atoms with E-state index in [9.17, 15) is 9.18 Å². The molecule has 0 aliphatic carbocycles. The number of methoxy groups -OCH3 is 2. The Labute approximate surface area is 195 Å². The molecule has 3 aromatic carbocycles. The normalized spacial score (nSPS) is 10.8. The van der Waals surface area contributed by atoms with Crippen molar-refractivity contribution < 1.29 is 18.7 Å². The Balaban J connectivity index is 1.52. The Hall–Kier alpha value is -3.65. The maximum atomic E-state index is 13.3. The smallest absolute Gasteiger partial charge is 0.234 e. The molecule has 4 rings (SSSR count). The summed E-state index contributed by atoms with van der Waals surface area (Å²) in [7, 11) is 3.10. The molecule has 4 aromatic rings. The van der Waals surface area contributed by atoms with E-state index < -0.39 is 0 Å². The average molecular weight is 464 g/mol. The monoisotopic (exact) mass is 463 g/mol. The molecular formula is C25H22FN3O3S. The number of benzene rings is 3. The van der Waals surface area contributed by atoms with Crippen LogP contribution in [0.4, 0.5) is 10.1 Å². The summed E-state index contributed by atoms with van der Waals surface area (Å²) in [6.45, 7) is 0. The number of para-hydroxylation sites is 2. The first-order valence-corrected chi connectivity index (χ1v) is 11.2. The zero-order valence-corrected chi connectivity index (χ0v) is 19.0. The summed E-state index contributed by atoms with van der Waals surface area (Å²) in [5, 5.41) is 3.53. The number of carbonyl (C=O) groups is 1. The van der Waals surface area contributed by atoms with Crippen LogP contribution in [0.5, 0.6) is 11.5 Å². The Morgan fingerprint density at radius 1 is 0.939 bits per heavy atom. The van der Waals surface area contributed by atoms with Gasteiger partial charge in [0.05, 0.1) is 36.7 Å². The minimum absolute atomic E-state index is 0.151. The Bertz CT molecular complexity index is 1280. The summed E-state index contributed by atoms with van der Waals surface area (Å²) in [6.07, 6.45) is 0.484. The second-order valence-electron chi connectivity index (χ2n) is 7.17. The third-order valence-corrected chi connectivity index (χ3v) is 5.90. The highest BCUT2D eigenvalue weighted by atomic mass is 32.2. The number of thioether (sulfide) groups is 1. The number of hydrogen-bond acceptors (Lipinski definition) is 6. The molecule has 0 unspecified atom stereocenters. The number of amides is 1. The molecule has 0 fully saturated rings. The van der Waals surface area contributed by atoms with Crippen LogP contribution in [0.2, 0.25) is 0 Å². The molecule has 0 bridgehead atoms. The van der Waals surface area contributed by atoms with Crippen LogP contribution in [0.25, 0.3) is 11.0 Å². The lowest BCUT2D eigenvalue weighted by Gasteiger charge is -2.12. The van der Waals surface area contributed by atoms with Crippen LogP contribution in [-0.2, 0) is 11.2 Å². The lowest BCUT2D eigenvalue weighted by molar-refractivity contribution is -0.113. The van der Waals surface area contributed by atoms with E-state index in [-0.39, 0.29) is 17.5 Å². The van der Waals surface area contributed by atoms with Gasteiger partial charge < -0.3 is 14.8 Å². The van der Waals surface area contributed by atoms with Gasteiger partial charge >= 0.3 is 0 Å². The number of halogens is 1. The second kappa shape index (κ2) is 10.3. The number of carbonyl (C=O) groups excluding carboxylic acids is 1. The number of nitrogens with zero attached hydrogens (tertiary/aromatic N) is 2. The molecule has 0 atom stereocenters. The predicted molar refractivity (Wildman–Crippen MR) is 128 cm³/mol. The van der Waals surface area contributed by atoms with E-state index in [1.54, 1.807) is 44.6 Å². The van der Waals surface area contributed by atoms with Crippen molar-refractivity contribution >= 4 is 34.4 Å². The van der Waals surface area contributed by atoms with Gasteiger partial charge in [0, 0.05) is 18.2 Å². The van der Waals surface area contributed by atoms with E-state index in [0.717, 1.165) is 22.3 Å². The van der Waals surface area contributed by atoms with Gasteiger partial charge in [-0.2, -0.15) is 0 Å². The summed E-state index contributed by atoms with van der Waals surface area (Å²) in [5.74, 6) is 0.795. The zero-order valence-electron chi connectivity index (χ0n) is 18.2. The van der Waals surface area contributed by atoms with Crippen LogP contribution in [0.3, 0.4) is 0 Å². The largest absolute Gasteiger partial charge is 0.493 e. The molecule has 33 heavy (non-hydrogen) atoms. The van der Waals surface area contributed by atoms with Gasteiger partial charge in [0.1, 0.15) is 10.8 Å². The van der Waals surface area contributed by atoms with Crippen molar-refractivity contribution in [3.05, 3.63) is 83.8 Å². The number of hydrogen-bond donors (Lipinski definition) is 1. The third kappa shape index (κ3) is 5.59. The van der Waals surface area contributed by atoms with Gasteiger partial charge in [-0.3, -0.25) is 4.79 Å².